The number of carbonyl (C=O) groups is 2. The van der Waals surface area contributed by atoms with Gasteiger partial charge in [0, 0.05) is 5.56 Å². The summed E-state index contributed by atoms with van der Waals surface area (Å²) >= 11 is 8.65. The van der Waals surface area contributed by atoms with Crippen LogP contribution in [0.3, 0.4) is 0 Å². The average Bonchev–Trinajstić information content (AvgIpc) is 2.14. The Balaban J connectivity index is 3.07. The Bertz CT molecular complexity index is 374. The van der Waals surface area contributed by atoms with E-state index in [2.05, 4.69) is 25.7 Å². The largest absolute Gasteiger partial charge is 0.463 e. The van der Waals surface area contributed by atoms with E-state index in [-0.39, 0.29) is 10.7 Å². The van der Waals surface area contributed by atoms with Gasteiger partial charge in [-0.1, -0.05) is 11.6 Å². The second-order valence-corrected chi connectivity index (χ2v) is 3.52. The zero-order valence-electron chi connectivity index (χ0n) is 7.08. The lowest BCUT2D eigenvalue weighted by molar-refractivity contribution is -0.135. The molecule has 1 aromatic heterocycles. The molecule has 0 aromatic carbocycles. The SMILES string of the molecule is COC(=O)C(=O)c1cc(Cl)nc(Br)c1. The predicted octanol–water partition coefficient (Wildman–Crippen LogP) is 1.85. The Hall–Kier alpha value is -0.940. The van der Waals surface area contributed by atoms with Gasteiger partial charge in [-0.15, -0.1) is 0 Å². The number of ether oxygens (including phenoxy) is 1. The van der Waals surface area contributed by atoms with E-state index < -0.39 is 11.8 Å². The topological polar surface area (TPSA) is 56.3 Å². The van der Waals surface area contributed by atoms with Crippen LogP contribution < -0.4 is 0 Å². The summed E-state index contributed by atoms with van der Waals surface area (Å²) in [5.74, 6) is -1.68. The maximum absolute atomic E-state index is 11.3. The summed E-state index contributed by atoms with van der Waals surface area (Å²) < 4.78 is 4.67. The Morgan fingerprint density at radius 1 is 1.50 bits per heavy atom. The third-order valence-electron chi connectivity index (χ3n) is 1.40. The van der Waals surface area contributed by atoms with Gasteiger partial charge in [0.05, 0.1) is 7.11 Å². The van der Waals surface area contributed by atoms with Crippen LogP contribution in [0.2, 0.25) is 5.15 Å². The molecule has 0 aliphatic carbocycles. The summed E-state index contributed by atoms with van der Waals surface area (Å²) in [5, 5.41) is 0.131. The first-order valence-corrected chi connectivity index (χ1v) is 4.67. The number of methoxy groups -OCH3 is 1. The van der Waals surface area contributed by atoms with Crippen molar-refractivity contribution in [3.8, 4) is 0 Å². The summed E-state index contributed by atoms with van der Waals surface area (Å²) in [6, 6.07) is 2.69. The molecule has 74 valence electrons. The molecule has 0 N–H and O–H groups in total. The maximum atomic E-state index is 11.3. The van der Waals surface area contributed by atoms with E-state index in [1.54, 1.807) is 0 Å². The lowest BCUT2D eigenvalue weighted by Crippen LogP contribution is -2.15. The van der Waals surface area contributed by atoms with E-state index in [4.69, 9.17) is 11.6 Å². The highest BCUT2D eigenvalue weighted by Crippen LogP contribution is 2.15. The van der Waals surface area contributed by atoms with Gasteiger partial charge in [-0.3, -0.25) is 4.79 Å². The molecule has 1 aromatic rings. The number of hydrogen-bond donors (Lipinski definition) is 0. The van der Waals surface area contributed by atoms with Gasteiger partial charge in [0.25, 0.3) is 5.78 Å². The molecule has 4 nitrogen and oxygen atoms in total. The molecule has 0 spiro atoms. The minimum atomic E-state index is -0.931. The minimum absolute atomic E-state index is 0.131. The van der Waals surface area contributed by atoms with Crippen LogP contribution in [-0.4, -0.2) is 23.8 Å². The second kappa shape index (κ2) is 4.52. The number of carbonyl (C=O) groups excluding carboxylic acids is 2. The van der Waals surface area contributed by atoms with Crippen LogP contribution in [0.1, 0.15) is 10.4 Å². The Morgan fingerprint density at radius 3 is 2.64 bits per heavy atom. The van der Waals surface area contributed by atoms with Crippen molar-refractivity contribution < 1.29 is 14.3 Å². The second-order valence-electron chi connectivity index (χ2n) is 2.32. The first kappa shape index (κ1) is 11.1. The van der Waals surface area contributed by atoms with E-state index in [9.17, 15) is 9.59 Å². The molecular weight excluding hydrogens is 273 g/mol. The lowest BCUT2D eigenvalue weighted by Gasteiger charge is -1.99. The molecule has 0 fully saturated rings. The van der Waals surface area contributed by atoms with Crippen molar-refractivity contribution >= 4 is 39.3 Å². The highest BCUT2D eigenvalue weighted by Gasteiger charge is 2.17. The molecule has 6 heteroatoms. The van der Waals surface area contributed by atoms with E-state index in [1.807, 2.05) is 0 Å². The van der Waals surface area contributed by atoms with Crippen molar-refractivity contribution in [2.45, 2.75) is 0 Å². The standard InChI is InChI=1S/C8H5BrClNO3/c1-14-8(13)7(12)4-2-5(9)11-6(10)3-4/h2-3H,1H3. The van der Waals surface area contributed by atoms with Gasteiger partial charge in [-0.2, -0.15) is 0 Å². The number of esters is 1. The van der Waals surface area contributed by atoms with Gasteiger partial charge in [0.15, 0.2) is 0 Å². The van der Waals surface area contributed by atoms with Gasteiger partial charge in [-0.25, -0.2) is 9.78 Å². The number of halogens is 2. The Kier molecular flexibility index (Phi) is 3.60. The van der Waals surface area contributed by atoms with E-state index in [0.29, 0.717) is 4.60 Å². The molecule has 0 radical (unpaired) electrons. The normalized spacial score (nSPS) is 9.64. The molecule has 0 aliphatic rings. The van der Waals surface area contributed by atoms with Crippen LogP contribution in [0.15, 0.2) is 16.7 Å². The number of hydrogen-bond acceptors (Lipinski definition) is 4. The summed E-state index contributed by atoms with van der Waals surface area (Å²) in [4.78, 5) is 26.0. The zero-order chi connectivity index (χ0) is 10.7. The minimum Gasteiger partial charge on any atom is -0.463 e. The molecule has 0 unspecified atom stereocenters. The quantitative estimate of drug-likeness (QED) is 0.358. The van der Waals surface area contributed by atoms with Gasteiger partial charge in [-0.05, 0) is 28.1 Å². The number of nitrogens with zero attached hydrogens (tertiary/aromatic N) is 1. The van der Waals surface area contributed by atoms with Gasteiger partial charge in [0.1, 0.15) is 9.76 Å². The third kappa shape index (κ3) is 2.52. The van der Waals surface area contributed by atoms with Crippen molar-refractivity contribution in [1.29, 1.82) is 0 Å². The number of rotatable bonds is 2. The van der Waals surface area contributed by atoms with Crippen LogP contribution in [0.4, 0.5) is 0 Å². The summed E-state index contributed by atoms with van der Waals surface area (Å²) in [5.41, 5.74) is 0.142. The van der Waals surface area contributed by atoms with Crippen LogP contribution in [0.25, 0.3) is 0 Å². The zero-order valence-corrected chi connectivity index (χ0v) is 9.42. The van der Waals surface area contributed by atoms with E-state index in [1.165, 1.54) is 12.1 Å². The van der Waals surface area contributed by atoms with E-state index >= 15 is 0 Å². The van der Waals surface area contributed by atoms with Crippen LogP contribution in [0, 0.1) is 0 Å². The average molecular weight is 278 g/mol. The molecule has 0 saturated carbocycles. The Labute approximate surface area is 93.4 Å². The lowest BCUT2D eigenvalue weighted by atomic mass is 10.2. The molecule has 0 saturated heterocycles. The molecule has 14 heavy (non-hydrogen) atoms. The molecular formula is C8H5BrClNO3. The third-order valence-corrected chi connectivity index (χ3v) is 2.00. The van der Waals surface area contributed by atoms with Crippen molar-refractivity contribution in [1.82, 2.24) is 4.98 Å². The van der Waals surface area contributed by atoms with Gasteiger partial charge < -0.3 is 4.74 Å². The van der Waals surface area contributed by atoms with Gasteiger partial charge >= 0.3 is 5.97 Å². The monoisotopic (exact) mass is 277 g/mol. The van der Waals surface area contributed by atoms with Crippen molar-refractivity contribution in [2.24, 2.45) is 0 Å². The number of Topliss-reactive ketones (excluding diaryl/α,β-unsaturated/α-hetero) is 1. The molecule has 1 rings (SSSR count). The van der Waals surface area contributed by atoms with Crippen LogP contribution >= 0.6 is 27.5 Å². The number of aromatic nitrogens is 1. The van der Waals surface area contributed by atoms with Crippen molar-refractivity contribution in [3.05, 3.63) is 27.5 Å². The molecule has 0 atom stereocenters. The Morgan fingerprint density at radius 2 is 2.14 bits per heavy atom. The van der Waals surface area contributed by atoms with Gasteiger partial charge in [0.2, 0.25) is 0 Å². The van der Waals surface area contributed by atoms with E-state index in [0.717, 1.165) is 7.11 Å². The number of ketones is 1. The molecule has 1 heterocycles. The summed E-state index contributed by atoms with van der Waals surface area (Å²) in [6.45, 7) is 0. The molecule has 0 aliphatic heterocycles. The van der Waals surface area contributed by atoms with Crippen LogP contribution in [-0.2, 0) is 9.53 Å². The highest BCUT2D eigenvalue weighted by atomic mass is 79.9. The van der Waals surface area contributed by atoms with Crippen molar-refractivity contribution in [2.75, 3.05) is 7.11 Å². The first-order chi connectivity index (χ1) is 6.54. The smallest absolute Gasteiger partial charge is 0.379 e. The summed E-state index contributed by atoms with van der Waals surface area (Å²) in [7, 11) is 1.14. The summed E-state index contributed by atoms with van der Waals surface area (Å²) in [6.07, 6.45) is 0. The van der Waals surface area contributed by atoms with Crippen molar-refractivity contribution in [3.63, 3.8) is 0 Å². The highest BCUT2D eigenvalue weighted by molar-refractivity contribution is 9.10. The fourth-order valence-corrected chi connectivity index (χ4v) is 1.55. The molecule has 0 amide bonds. The maximum Gasteiger partial charge on any atom is 0.379 e. The van der Waals surface area contributed by atoms with Crippen LogP contribution in [0.5, 0.6) is 0 Å². The predicted molar refractivity (Wildman–Crippen MR) is 53.3 cm³/mol. The fourth-order valence-electron chi connectivity index (χ4n) is 0.807. The number of pyridine rings is 1. The first-order valence-electron chi connectivity index (χ1n) is 3.50. The fraction of sp³-hybridized carbons (Fsp3) is 0.125. The molecule has 0 bridgehead atoms.